The van der Waals surface area contributed by atoms with E-state index in [0.29, 0.717) is 17.3 Å². The van der Waals surface area contributed by atoms with Crippen LogP contribution in [-0.4, -0.2) is 33.3 Å². The number of benzene rings is 1. The number of carbonyl (C=O) groups excluding carboxylic acids is 1. The Morgan fingerprint density at radius 1 is 1.23 bits per heavy atom. The average molecular weight is 408 g/mol. The quantitative estimate of drug-likeness (QED) is 0.651. The van der Waals surface area contributed by atoms with Crippen LogP contribution in [0.15, 0.2) is 33.5 Å². The lowest BCUT2D eigenvalue weighted by atomic mass is 10.1. The first-order chi connectivity index (χ1) is 14.6. The highest BCUT2D eigenvalue weighted by molar-refractivity contribution is 5.82. The maximum absolute atomic E-state index is 12.4. The van der Waals surface area contributed by atoms with Crippen molar-refractivity contribution in [2.24, 2.45) is 0 Å². The molecule has 8 nitrogen and oxygen atoms in total. The fourth-order valence-corrected chi connectivity index (χ4v) is 4.10. The first-order valence-corrected chi connectivity index (χ1v) is 10.5. The summed E-state index contributed by atoms with van der Waals surface area (Å²) >= 11 is 0. The number of hydrogen-bond acceptors (Lipinski definition) is 6. The monoisotopic (exact) mass is 408 g/mol. The molecule has 2 aromatic heterocycles. The van der Waals surface area contributed by atoms with Gasteiger partial charge in [-0.15, -0.1) is 10.2 Å². The summed E-state index contributed by atoms with van der Waals surface area (Å²) in [5.74, 6) is 3.14. The molecule has 3 aromatic rings. The van der Waals surface area contributed by atoms with E-state index in [0.717, 1.165) is 48.4 Å². The van der Waals surface area contributed by atoms with Crippen LogP contribution in [0.3, 0.4) is 0 Å². The highest BCUT2D eigenvalue weighted by Gasteiger charge is 2.31. The average Bonchev–Trinajstić information content (AvgIpc) is 3.52. The number of amides is 1. The molecule has 5 rings (SSSR count). The molecule has 0 saturated heterocycles. The second kappa shape index (κ2) is 7.59. The van der Waals surface area contributed by atoms with Crippen LogP contribution in [-0.2, 0) is 17.8 Å². The van der Waals surface area contributed by atoms with Crippen molar-refractivity contribution in [1.29, 1.82) is 0 Å². The number of carbonyl (C=O) groups is 1. The van der Waals surface area contributed by atoms with Gasteiger partial charge >= 0.3 is 5.63 Å². The molecule has 1 aliphatic heterocycles. The van der Waals surface area contributed by atoms with Crippen molar-refractivity contribution in [3.05, 3.63) is 51.9 Å². The van der Waals surface area contributed by atoms with Crippen LogP contribution >= 0.6 is 0 Å². The fourth-order valence-electron chi connectivity index (χ4n) is 4.10. The molecule has 1 unspecified atom stereocenters. The maximum atomic E-state index is 12.4. The Balaban J connectivity index is 1.18. The summed E-state index contributed by atoms with van der Waals surface area (Å²) in [4.78, 5) is 23.9. The Kier molecular flexibility index (Phi) is 4.77. The molecule has 1 saturated carbocycles. The number of rotatable bonds is 5. The second-order valence-electron chi connectivity index (χ2n) is 8.19. The molecule has 1 atom stereocenters. The lowest BCUT2D eigenvalue weighted by Gasteiger charge is -2.16. The number of nitrogens with one attached hydrogen (secondary N) is 1. The summed E-state index contributed by atoms with van der Waals surface area (Å²) < 4.78 is 13.1. The predicted molar refractivity (Wildman–Crippen MR) is 110 cm³/mol. The van der Waals surface area contributed by atoms with E-state index < -0.39 is 0 Å². The normalized spacial score (nSPS) is 18.6. The zero-order valence-corrected chi connectivity index (χ0v) is 16.9. The van der Waals surface area contributed by atoms with E-state index in [-0.39, 0.29) is 24.2 Å². The van der Waals surface area contributed by atoms with Gasteiger partial charge in [0, 0.05) is 36.4 Å². The lowest BCUT2D eigenvalue weighted by Crippen LogP contribution is -2.38. The van der Waals surface area contributed by atoms with Crippen LogP contribution in [0, 0.1) is 6.92 Å². The number of aryl methyl sites for hydroxylation is 2. The second-order valence-corrected chi connectivity index (χ2v) is 8.19. The minimum atomic E-state index is -0.376. The Hall–Kier alpha value is -3.16. The molecule has 1 fully saturated rings. The van der Waals surface area contributed by atoms with E-state index in [4.69, 9.17) is 9.15 Å². The van der Waals surface area contributed by atoms with Gasteiger partial charge in [-0.05, 0) is 56.4 Å². The summed E-state index contributed by atoms with van der Waals surface area (Å²) in [7, 11) is 0. The Morgan fingerprint density at radius 3 is 2.93 bits per heavy atom. The molecular formula is C22H24N4O4. The summed E-state index contributed by atoms with van der Waals surface area (Å²) in [5.41, 5.74) is 0.943. The van der Waals surface area contributed by atoms with Crippen molar-refractivity contribution in [1.82, 2.24) is 20.1 Å². The van der Waals surface area contributed by atoms with Gasteiger partial charge in [0.2, 0.25) is 0 Å². The smallest absolute Gasteiger partial charge is 0.336 e. The van der Waals surface area contributed by atoms with Crippen LogP contribution in [0.1, 0.15) is 48.8 Å². The van der Waals surface area contributed by atoms with E-state index in [1.807, 2.05) is 6.92 Å². The van der Waals surface area contributed by atoms with Gasteiger partial charge < -0.3 is 19.0 Å². The molecule has 3 heterocycles. The molecule has 0 radical (unpaired) electrons. The molecule has 156 valence electrons. The molecule has 1 amide bonds. The molecule has 0 spiro atoms. The van der Waals surface area contributed by atoms with E-state index in [1.54, 1.807) is 18.2 Å². The predicted octanol–water partition coefficient (Wildman–Crippen LogP) is 2.47. The molecule has 8 heteroatoms. The van der Waals surface area contributed by atoms with Crippen LogP contribution in [0.2, 0.25) is 0 Å². The summed E-state index contributed by atoms with van der Waals surface area (Å²) in [5, 5.41) is 12.6. The highest BCUT2D eigenvalue weighted by atomic mass is 16.5. The minimum Gasteiger partial charge on any atom is -0.484 e. The molecule has 2 aliphatic rings. The van der Waals surface area contributed by atoms with Crippen molar-refractivity contribution in [3.63, 3.8) is 0 Å². The van der Waals surface area contributed by atoms with Gasteiger partial charge in [0.1, 0.15) is 23.0 Å². The Labute approximate surface area is 173 Å². The lowest BCUT2D eigenvalue weighted by molar-refractivity contribution is -0.123. The van der Waals surface area contributed by atoms with Gasteiger partial charge in [-0.3, -0.25) is 4.79 Å². The molecular weight excluding hydrogens is 384 g/mol. The maximum Gasteiger partial charge on any atom is 0.336 e. The molecule has 30 heavy (non-hydrogen) atoms. The van der Waals surface area contributed by atoms with Crippen LogP contribution in [0.5, 0.6) is 5.75 Å². The topological polar surface area (TPSA) is 99.2 Å². The van der Waals surface area contributed by atoms with Crippen LogP contribution in [0.4, 0.5) is 0 Å². The largest absolute Gasteiger partial charge is 0.484 e. The van der Waals surface area contributed by atoms with Gasteiger partial charge in [-0.25, -0.2) is 4.79 Å². The third-order valence-corrected chi connectivity index (χ3v) is 5.87. The summed E-state index contributed by atoms with van der Waals surface area (Å²) in [6.45, 7) is 2.63. The number of hydrogen-bond donors (Lipinski definition) is 1. The van der Waals surface area contributed by atoms with E-state index in [9.17, 15) is 9.59 Å². The van der Waals surface area contributed by atoms with Crippen molar-refractivity contribution in [2.45, 2.75) is 57.5 Å². The van der Waals surface area contributed by atoms with Crippen molar-refractivity contribution in [3.8, 4) is 5.75 Å². The molecule has 1 N–H and O–H groups in total. The van der Waals surface area contributed by atoms with Gasteiger partial charge in [0.05, 0.1) is 0 Å². The van der Waals surface area contributed by atoms with Gasteiger partial charge in [-0.2, -0.15) is 0 Å². The molecule has 1 aromatic carbocycles. The van der Waals surface area contributed by atoms with Gasteiger partial charge in [0.25, 0.3) is 5.91 Å². The van der Waals surface area contributed by atoms with E-state index in [1.165, 1.54) is 18.9 Å². The van der Waals surface area contributed by atoms with Crippen LogP contribution in [0.25, 0.3) is 11.0 Å². The van der Waals surface area contributed by atoms with Crippen molar-refractivity contribution in [2.75, 3.05) is 6.61 Å². The highest BCUT2D eigenvalue weighted by Crippen LogP contribution is 2.39. The Morgan fingerprint density at radius 2 is 2.10 bits per heavy atom. The fraction of sp³-hybridized carbons (Fsp3) is 0.455. The minimum absolute atomic E-state index is 0.0583. The van der Waals surface area contributed by atoms with Gasteiger partial charge in [-0.1, -0.05) is 0 Å². The van der Waals surface area contributed by atoms with Gasteiger partial charge in [0.15, 0.2) is 6.61 Å². The summed E-state index contributed by atoms with van der Waals surface area (Å²) in [6.07, 6.45) is 4.94. The third kappa shape index (κ3) is 3.81. The van der Waals surface area contributed by atoms with Crippen molar-refractivity contribution >= 4 is 16.9 Å². The van der Waals surface area contributed by atoms with Crippen LogP contribution < -0.4 is 15.7 Å². The van der Waals surface area contributed by atoms with E-state index >= 15 is 0 Å². The Bertz CT molecular complexity index is 1160. The number of aromatic nitrogens is 3. The number of ether oxygens (including phenoxy) is 1. The first-order valence-electron chi connectivity index (χ1n) is 10.5. The molecule has 0 bridgehead atoms. The zero-order chi connectivity index (χ0) is 20.7. The molecule has 1 aliphatic carbocycles. The first kappa shape index (κ1) is 18.8. The van der Waals surface area contributed by atoms with Crippen molar-refractivity contribution < 1.29 is 13.9 Å². The standard InChI is InChI=1S/C22H24N4O4/c1-13-10-21(28)30-18-6-5-16(11-17(13)18)29-12-20(27)23-15-4-7-19-24-25-22(14-2-3-14)26(19)9-8-15/h5-6,10-11,14-15H,2-4,7-9,12H2,1H3,(H,23,27). The number of fused-ring (bicyclic) bond motifs is 2. The SMILES string of the molecule is Cc1cc(=O)oc2ccc(OCC(=O)NC3CCc4nnc(C5CC5)n4CC3)cc12. The third-order valence-electron chi connectivity index (χ3n) is 5.87. The summed E-state index contributed by atoms with van der Waals surface area (Å²) in [6, 6.07) is 6.73. The van der Waals surface area contributed by atoms with E-state index in [2.05, 4.69) is 20.1 Å². The number of nitrogens with zero attached hydrogens (tertiary/aromatic N) is 3. The zero-order valence-electron chi connectivity index (χ0n) is 16.9.